The Morgan fingerprint density at radius 1 is 0.328 bits per heavy atom. The Morgan fingerprint density at radius 3 is 0.931 bits per heavy atom. The minimum atomic E-state index is -1.32. The van der Waals surface area contributed by atoms with Crippen LogP contribution in [0.3, 0.4) is 0 Å². The summed E-state index contributed by atoms with van der Waals surface area (Å²) in [4.78, 5) is 253. The lowest BCUT2D eigenvalue weighted by atomic mass is 9.96. The number of nitrogens with zero attached hydrogens (tertiary/aromatic N) is 1. The lowest BCUT2D eigenvalue weighted by Crippen LogP contribution is -2.66. The number of hydrogen-bond donors (Lipinski definition) is 11. The van der Waals surface area contributed by atoms with Crippen molar-refractivity contribution in [2.24, 2.45) is 0 Å². The number of rotatable bonds is 64. The molecule has 47 nitrogen and oxygen atoms in total. The third-order valence-corrected chi connectivity index (χ3v) is 19.7. The molecule has 11 N–H and O–H groups in total. The summed E-state index contributed by atoms with van der Waals surface area (Å²) < 4.78 is 84.5. The average molecular weight is 1880 g/mol. The molecule has 0 spiro atoms. The van der Waals surface area contributed by atoms with Gasteiger partial charge in [0.25, 0.3) is 0 Å². The standard InChI is InChI=1S/C84H135N11O36/c1-49(97)92-72-78(126-58(10)106)75(123-55(7)103)62(46-120-52(4)100)129-82(72)117-41-21-13-16-29-66(109)87-36-25-35-85-65(45-96)95(44-70(113)90-39-26-37-88-67(110)30-17-14-22-42-118-83-73(93-50(2)98)79(127-59(11)107)76(124-56(8)104)63(130-83)47-121-53(5)101)61(28-19-20-34-86-69(112)32-24-33-71(114)115)81(116)91-40-27-38-89-68(111)31-18-15-23-43-119-84-74(94-51(3)99)80(128-60(12)108)77(125-57(9)105)64(131-84)48-122-54(6)102/h45,61-65,72-80,82-85H,13-44,46-48H2,1-12H3,(H,86,112)(H,87,109)(H,88,110)(H,89,111)(H,90,113)(H,91,116)(H,92,97)(H,93,98)(H,94,99)(H,114,115). The van der Waals surface area contributed by atoms with Gasteiger partial charge >= 0.3 is 59.7 Å². The van der Waals surface area contributed by atoms with Gasteiger partial charge in [0.1, 0.15) is 62.4 Å². The number of hydrogen-bond acceptors (Lipinski definition) is 37. The van der Waals surface area contributed by atoms with E-state index in [4.69, 9.17) is 76.2 Å². The van der Waals surface area contributed by atoms with Crippen LogP contribution in [0.1, 0.15) is 218 Å². The Morgan fingerprint density at radius 2 is 0.626 bits per heavy atom. The van der Waals surface area contributed by atoms with Crippen molar-refractivity contribution in [3.05, 3.63) is 0 Å². The number of aldehydes is 1. The number of carboxylic acids is 1. The average Bonchev–Trinajstić information content (AvgIpc) is 0.794. The highest BCUT2D eigenvalue weighted by molar-refractivity contribution is 5.85. The van der Waals surface area contributed by atoms with Crippen LogP contribution in [0.15, 0.2) is 0 Å². The topological polar surface area (TPSA) is 624 Å². The van der Waals surface area contributed by atoms with E-state index in [1.807, 2.05) is 0 Å². The zero-order chi connectivity index (χ0) is 97.5. The second-order valence-corrected chi connectivity index (χ2v) is 31.3. The molecule has 0 bridgehead atoms. The fraction of sp³-hybridized carbons (Fsp3) is 0.762. The Balaban J connectivity index is 1.75. The number of nitrogens with one attached hydrogen (secondary N) is 10. The number of amides is 9. The third-order valence-electron chi connectivity index (χ3n) is 19.7. The molecule has 17 unspecified atom stereocenters. The molecule has 3 aliphatic rings. The van der Waals surface area contributed by atoms with E-state index in [9.17, 15) is 95.9 Å². The maximum atomic E-state index is 14.6. The van der Waals surface area contributed by atoms with Crippen molar-refractivity contribution < 1.29 is 172 Å². The molecule has 47 heteroatoms. The highest BCUT2D eigenvalue weighted by atomic mass is 16.7. The number of aliphatic carboxylic acids is 1. The first kappa shape index (κ1) is 114. The molecule has 9 amide bonds. The fourth-order valence-corrected chi connectivity index (χ4v) is 14.1. The van der Waals surface area contributed by atoms with Crippen LogP contribution in [0.25, 0.3) is 0 Å². The molecule has 0 aromatic rings. The molecule has 3 aliphatic heterocycles. The van der Waals surface area contributed by atoms with Gasteiger partial charge in [-0.25, -0.2) is 0 Å². The van der Waals surface area contributed by atoms with E-state index in [0.717, 1.165) is 62.3 Å². The number of ether oxygens (including phenoxy) is 15. The second kappa shape index (κ2) is 64.2. The molecule has 3 fully saturated rings. The first-order valence-corrected chi connectivity index (χ1v) is 44.0. The molecule has 0 aliphatic carbocycles. The number of carboxylic acid groups (broad SMARTS) is 1. The predicted octanol–water partition coefficient (Wildman–Crippen LogP) is -1.24. The third kappa shape index (κ3) is 48.8. The Kier molecular flexibility index (Phi) is 56.1. The molecule has 0 saturated carbocycles. The minimum Gasteiger partial charge on any atom is -0.481 e. The van der Waals surface area contributed by atoms with E-state index in [-0.39, 0.29) is 154 Å². The first-order chi connectivity index (χ1) is 62.2. The van der Waals surface area contributed by atoms with Crippen LogP contribution in [0, 0.1) is 0 Å². The highest BCUT2D eigenvalue weighted by Crippen LogP contribution is 2.32. The van der Waals surface area contributed by atoms with Gasteiger partial charge in [-0.3, -0.25) is 101 Å². The van der Waals surface area contributed by atoms with Crippen LogP contribution in [0.4, 0.5) is 0 Å². The fourth-order valence-electron chi connectivity index (χ4n) is 14.1. The molecule has 131 heavy (non-hydrogen) atoms. The molecule has 3 saturated heterocycles. The van der Waals surface area contributed by atoms with Crippen molar-refractivity contribution in [1.82, 2.24) is 58.1 Å². The van der Waals surface area contributed by atoms with Crippen LogP contribution in [0.2, 0.25) is 0 Å². The molecular formula is C84H135N11O36. The zero-order valence-electron chi connectivity index (χ0n) is 76.8. The van der Waals surface area contributed by atoms with Crippen molar-refractivity contribution >= 4 is 119 Å². The van der Waals surface area contributed by atoms with Gasteiger partial charge in [0.2, 0.25) is 53.2 Å². The van der Waals surface area contributed by atoms with Gasteiger partial charge in [0.15, 0.2) is 61.8 Å². The predicted molar refractivity (Wildman–Crippen MR) is 451 cm³/mol. The van der Waals surface area contributed by atoms with Gasteiger partial charge in [-0.1, -0.05) is 19.3 Å². The van der Waals surface area contributed by atoms with Gasteiger partial charge in [-0.2, -0.15) is 0 Å². The van der Waals surface area contributed by atoms with Gasteiger partial charge in [-0.15, -0.1) is 0 Å². The minimum absolute atomic E-state index is 0.00590. The summed E-state index contributed by atoms with van der Waals surface area (Å²) in [6.07, 6.45) is -11.2. The number of unbranched alkanes of at least 4 members (excludes halogenated alkanes) is 7. The number of carbonyl (C=O) groups excluding carboxylic acids is 19. The molecule has 3 rings (SSSR count). The normalized spacial score (nSPS) is 21.9. The van der Waals surface area contributed by atoms with Crippen LogP contribution in [0.5, 0.6) is 0 Å². The van der Waals surface area contributed by atoms with E-state index in [1.165, 1.54) is 25.7 Å². The van der Waals surface area contributed by atoms with Crippen LogP contribution < -0.4 is 53.2 Å². The summed E-state index contributed by atoms with van der Waals surface area (Å²) in [5.74, 6) is -12.1. The van der Waals surface area contributed by atoms with E-state index in [0.29, 0.717) is 70.5 Å². The van der Waals surface area contributed by atoms with E-state index < -0.39 is 226 Å². The zero-order valence-corrected chi connectivity index (χ0v) is 76.8. The van der Waals surface area contributed by atoms with Gasteiger partial charge < -0.3 is 129 Å². The molecule has 17 atom stereocenters. The van der Waals surface area contributed by atoms with Crippen LogP contribution in [-0.4, -0.2) is 325 Å². The molecule has 0 aromatic heterocycles. The maximum Gasteiger partial charge on any atom is 0.303 e. The summed E-state index contributed by atoms with van der Waals surface area (Å²) in [5, 5.41) is 36.9. The number of carbonyl (C=O) groups is 20. The quantitative estimate of drug-likeness (QED) is 0.0112. The molecular weight excluding hydrogens is 1740 g/mol. The Labute approximate surface area is 760 Å². The second-order valence-electron chi connectivity index (χ2n) is 31.3. The first-order valence-electron chi connectivity index (χ1n) is 44.0. The van der Waals surface area contributed by atoms with E-state index >= 15 is 0 Å². The number of esters is 9. The lowest BCUT2D eigenvalue weighted by molar-refractivity contribution is -0.277. The molecule has 0 aromatic carbocycles. The van der Waals surface area contributed by atoms with Crippen molar-refractivity contribution in [3.8, 4) is 0 Å². The summed E-state index contributed by atoms with van der Waals surface area (Å²) in [6.45, 7) is 12.5. The van der Waals surface area contributed by atoms with Crippen molar-refractivity contribution in [2.45, 2.75) is 322 Å². The monoisotopic (exact) mass is 1870 g/mol. The van der Waals surface area contributed by atoms with Gasteiger partial charge in [0, 0.05) is 174 Å². The van der Waals surface area contributed by atoms with Crippen LogP contribution >= 0.6 is 0 Å². The summed E-state index contributed by atoms with van der Waals surface area (Å²) in [5.41, 5.74) is 0. The van der Waals surface area contributed by atoms with Gasteiger partial charge in [0.05, 0.1) is 12.6 Å². The highest BCUT2D eigenvalue weighted by Gasteiger charge is 2.55. The molecule has 742 valence electrons. The van der Waals surface area contributed by atoms with E-state index in [1.54, 1.807) is 0 Å². The summed E-state index contributed by atoms with van der Waals surface area (Å²) >= 11 is 0. The van der Waals surface area contributed by atoms with Crippen LogP contribution in [-0.2, 0) is 167 Å². The van der Waals surface area contributed by atoms with Crippen molar-refractivity contribution in [3.63, 3.8) is 0 Å². The largest absolute Gasteiger partial charge is 0.481 e. The summed E-state index contributed by atoms with van der Waals surface area (Å²) in [7, 11) is 0. The Hall–Kier alpha value is -10.7. The van der Waals surface area contributed by atoms with E-state index in [2.05, 4.69) is 53.2 Å². The molecule has 0 radical (unpaired) electrons. The summed E-state index contributed by atoms with van der Waals surface area (Å²) in [6, 6.07) is -4.75. The Bertz CT molecular complexity index is 3710. The lowest BCUT2D eigenvalue weighted by Gasteiger charge is -2.44. The maximum absolute atomic E-state index is 14.6. The van der Waals surface area contributed by atoms with Gasteiger partial charge in [-0.05, 0) is 90.0 Å². The molecule has 3 heterocycles. The van der Waals surface area contributed by atoms with Crippen molar-refractivity contribution in [1.29, 1.82) is 0 Å². The smallest absolute Gasteiger partial charge is 0.303 e. The SMILES string of the molecule is CC(=O)NC1C(OCCCCCC(=O)NCCCNC(=O)CN(C(C=O)NCCCNC(=O)CCCCCOC2OC(COC(C)=O)C(OC(C)=O)C(OC(C)=O)C2NC(C)=O)C(CCCCNC(=O)CCCC(=O)O)C(=O)NCCCNC(=O)CCCCCOC2OC(COC(C)=O)C(OC(C)=O)C(OC(C)=O)C2NC(C)=O)OC(COC(C)=O)C(OC(C)=O)C1OC(C)=O. The van der Waals surface area contributed by atoms with Crippen molar-refractivity contribution in [2.75, 3.05) is 92.0 Å².